The van der Waals surface area contributed by atoms with Gasteiger partial charge in [0.05, 0.1) is 10.6 Å². The first-order chi connectivity index (χ1) is 13.2. The predicted octanol–water partition coefficient (Wildman–Crippen LogP) is 3.41. The van der Waals surface area contributed by atoms with Gasteiger partial charge >= 0.3 is 0 Å². The van der Waals surface area contributed by atoms with E-state index >= 15 is 0 Å². The number of hydrogen-bond donors (Lipinski definition) is 0. The molecule has 27 heavy (non-hydrogen) atoms. The summed E-state index contributed by atoms with van der Waals surface area (Å²) in [6.07, 6.45) is 7.43. The molecule has 6 nitrogen and oxygen atoms in total. The molecule has 7 heteroatoms. The van der Waals surface area contributed by atoms with Crippen molar-refractivity contribution in [3.05, 3.63) is 47.2 Å². The van der Waals surface area contributed by atoms with Crippen molar-refractivity contribution in [2.45, 2.75) is 31.8 Å². The molecule has 0 bridgehead atoms. The SMILES string of the molecule is O=C(c1cnc(N2CCC(Oc3ccccn3)CC2)c(Cl)c1)N1CCCC1. The zero-order valence-electron chi connectivity index (χ0n) is 15.2. The molecule has 0 unspecified atom stereocenters. The molecular weight excluding hydrogens is 364 g/mol. The minimum Gasteiger partial charge on any atom is -0.474 e. The third kappa shape index (κ3) is 4.16. The first-order valence-corrected chi connectivity index (χ1v) is 9.86. The highest BCUT2D eigenvalue weighted by atomic mass is 35.5. The molecule has 0 saturated carbocycles. The zero-order valence-corrected chi connectivity index (χ0v) is 15.9. The number of pyridine rings is 2. The van der Waals surface area contributed by atoms with Gasteiger partial charge in [0.2, 0.25) is 5.88 Å². The summed E-state index contributed by atoms with van der Waals surface area (Å²) in [6, 6.07) is 7.43. The van der Waals surface area contributed by atoms with Crippen LogP contribution in [-0.2, 0) is 0 Å². The van der Waals surface area contributed by atoms with E-state index in [1.807, 2.05) is 23.1 Å². The van der Waals surface area contributed by atoms with Crippen LogP contribution in [0.15, 0.2) is 36.7 Å². The molecule has 2 aromatic rings. The minimum atomic E-state index is 0.0240. The van der Waals surface area contributed by atoms with E-state index in [0.29, 0.717) is 16.5 Å². The fourth-order valence-corrected chi connectivity index (χ4v) is 3.94. The first kappa shape index (κ1) is 18.0. The van der Waals surface area contributed by atoms with Crippen molar-refractivity contribution in [1.29, 1.82) is 0 Å². The van der Waals surface area contributed by atoms with E-state index in [2.05, 4.69) is 14.9 Å². The summed E-state index contributed by atoms with van der Waals surface area (Å²) < 4.78 is 5.94. The second-order valence-electron chi connectivity index (χ2n) is 7.00. The number of hydrogen-bond acceptors (Lipinski definition) is 5. The lowest BCUT2D eigenvalue weighted by Crippen LogP contribution is -2.39. The smallest absolute Gasteiger partial charge is 0.255 e. The predicted molar refractivity (Wildman–Crippen MR) is 104 cm³/mol. The fourth-order valence-electron chi connectivity index (χ4n) is 3.66. The van der Waals surface area contributed by atoms with Gasteiger partial charge in [-0.2, -0.15) is 0 Å². The Bertz CT molecular complexity index is 788. The van der Waals surface area contributed by atoms with E-state index in [-0.39, 0.29) is 12.0 Å². The Hall–Kier alpha value is -2.34. The third-order valence-corrected chi connectivity index (χ3v) is 5.41. The van der Waals surface area contributed by atoms with Crippen LogP contribution in [0.25, 0.3) is 0 Å². The average molecular weight is 387 g/mol. The van der Waals surface area contributed by atoms with Crippen LogP contribution in [0, 0.1) is 0 Å². The molecule has 142 valence electrons. The highest BCUT2D eigenvalue weighted by Gasteiger charge is 2.25. The second-order valence-corrected chi connectivity index (χ2v) is 7.41. The van der Waals surface area contributed by atoms with Crippen LogP contribution in [-0.4, -0.2) is 53.1 Å². The van der Waals surface area contributed by atoms with Gasteiger partial charge in [-0.05, 0) is 25.0 Å². The Kier molecular flexibility index (Phi) is 5.43. The quantitative estimate of drug-likeness (QED) is 0.805. The summed E-state index contributed by atoms with van der Waals surface area (Å²) in [4.78, 5) is 25.2. The molecule has 2 fully saturated rings. The maximum absolute atomic E-state index is 12.5. The maximum Gasteiger partial charge on any atom is 0.255 e. The van der Waals surface area contributed by atoms with Gasteiger partial charge in [0.1, 0.15) is 11.9 Å². The number of ether oxygens (including phenoxy) is 1. The summed E-state index contributed by atoms with van der Waals surface area (Å²) in [5.74, 6) is 1.43. The lowest BCUT2D eigenvalue weighted by atomic mass is 10.1. The monoisotopic (exact) mass is 386 g/mol. The van der Waals surface area contributed by atoms with Gasteiger partial charge in [-0.1, -0.05) is 17.7 Å². The second kappa shape index (κ2) is 8.13. The van der Waals surface area contributed by atoms with E-state index in [1.54, 1.807) is 18.5 Å². The number of amides is 1. The Morgan fingerprint density at radius 3 is 2.56 bits per heavy atom. The van der Waals surface area contributed by atoms with Crippen LogP contribution in [0.3, 0.4) is 0 Å². The van der Waals surface area contributed by atoms with Gasteiger partial charge in [-0.15, -0.1) is 0 Å². The highest BCUT2D eigenvalue weighted by molar-refractivity contribution is 6.33. The molecule has 1 amide bonds. The van der Waals surface area contributed by atoms with E-state index in [1.165, 1.54) is 0 Å². The molecule has 2 aliphatic rings. The van der Waals surface area contributed by atoms with Gasteiger partial charge in [-0.3, -0.25) is 4.79 Å². The maximum atomic E-state index is 12.5. The summed E-state index contributed by atoms with van der Waals surface area (Å²) >= 11 is 6.46. The van der Waals surface area contributed by atoms with Gasteiger partial charge < -0.3 is 14.5 Å². The largest absolute Gasteiger partial charge is 0.474 e. The van der Waals surface area contributed by atoms with Crippen molar-refractivity contribution >= 4 is 23.3 Å². The van der Waals surface area contributed by atoms with Gasteiger partial charge in [0, 0.05) is 57.5 Å². The normalized spacial score (nSPS) is 18.0. The van der Waals surface area contributed by atoms with Crippen molar-refractivity contribution in [2.24, 2.45) is 0 Å². The first-order valence-electron chi connectivity index (χ1n) is 9.48. The fraction of sp³-hybridized carbons (Fsp3) is 0.450. The molecule has 0 N–H and O–H groups in total. The minimum absolute atomic E-state index is 0.0240. The van der Waals surface area contributed by atoms with E-state index in [9.17, 15) is 4.79 Å². The number of anilines is 1. The average Bonchev–Trinajstić information content (AvgIpc) is 3.24. The number of likely N-dealkylation sites (tertiary alicyclic amines) is 1. The number of rotatable bonds is 4. The molecule has 0 aliphatic carbocycles. The van der Waals surface area contributed by atoms with Crippen molar-refractivity contribution in [1.82, 2.24) is 14.9 Å². The summed E-state index contributed by atoms with van der Waals surface area (Å²) in [5.41, 5.74) is 0.569. The van der Waals surface area contributed by atoms with E-state index < -0.39 is 0 Å². The molecule has 0 atom stereocenters. The molecular formula is C20H23ClN4O2. The number of piperidine rings is 1. The standard InChI is InChI=1S/C20H23ClN4O2/c21-17-13-15(20(26)25-9-3-4-10-25)14-23-19(17)24-11-6-16(7-12-24)27-18-5-1-2-8-22-18/h1-2,5,8,13-14,16H,3-4,6-7,9-12H2. The van der Waals surface area contributed by atoms with Crippen LogP contribution >= 0.6 is 11.6 Å². The lowest BCUT2D eigenvalue weighted by Gasteiger charge is -2.33. The summed E-state index contributed by atoms with van der Waals surface area (Å²) in [7, 11) is 0. The number of aromatic nitrogens is 2. The van der Waals surface area contributed by atoms with Crippen molar-refractivity contribution < 1.29 is 9.53 Å². The molecule has 4 rings (SSSR count). The van der Waals surface area contributed by atoms with E-state index in [4.69, 9.17) is 16.3 Å². The Balaban J connectivity index is 1.37. The summed E-state index contributed by atoms with van der Waals surface area (Å²) in [5, 5.41) is 0.532. The molecule has 4 heterocycles. The Morgan fingerprint density at radius 1 is 1.11 bits per heavy atom. The number of carbonyl (C=O) groups is 1. The third-order valence-electron chi connectivity index (χ3n) is 5.13. The van der Waals surface area contributed by atoms with Crippen molar-refractivity contribution in [3.63, 3.8) is 0 Å². The van der Waals surface area contributed by atoms with Crippen LogP contribution in [0.2, 0.25) is 5.02 Å². The number of halogens is 1. The lowest BCUT2D eigenvalue weighted by molar-refractivity contribution is 0.0792. The molecule has 2 aliphatic heterocycles. The van der Waals surface area contributed by atoms with Crippen molar-refractivity contribution in [3.8, 4) is 5.88 Å². The molecule has 0 aromatic carbocycles. The topological polar surface area (TPSA) is 58.6 Å². The molecule has 0 spiro atoms. The van der Waals surface area contributed by atoms with Crippen LogP contribution < -0.4 is 9.64 Å². The molecule has 2 aromatic heterocycles. The van der Waals surface area contributed by atoms with Crippen LogP contribution in [0.1, 0.15) is 36.0 Å². The Labute approximate surface area is 164 Å². The van der Waals surface area contributed by atoms with Crippen LogP contribution in [0.4, 0.5) is 5.82 Å². The number of carbonyl (C=O) groups excluding carboxylic acids is 1. The van der Waals surface area contributed by atoms with E-state index in [0.717, 1.165) is 57.7 Å². The molecule has 0 radical (unpaired) electrons. The Morgan fingerprint density at radius 2 is 1.89 bits per heavy atom. The van der Waals surface area contributed by atoms with Gasteiger partial charge in [0.15, 0.2) is 0 Å². The number of nitrogens with zero attached hydrogens (tertiary/aromatic N) is 4. The molecule has 2 saturated heterocycles. The van der Waals surface area contributed by atoms with Gasteiger partial charge in [0.25, 0.3) is 5.91 Å². The van der Waals surface area contributed by atoms with Gasteiger partial charge in [-0.25, -0.2) is 9.97 Å². The highest BCUT2D eigenvalue weighted by Crippen LogP contribution is 2.28. The van der Waals surface area contributed by atoms with Crippen molar-refractivity contribution in [2.75, 3.05) is 31.1 Å². The summed E-state index contributed by atoms with van der Waals surface area (Å²) in [6.45, 7) is 3.26. The van der Waals surface area contributed by atoms with Crippen LogP contribution in [0.5, 0.6) is 5.88 Å². The zero-order chi connectivity index (χ0) is 18.6.